The van der Waals surface area contributed by atoms with Gasteiger partial charge in [-0.05, 0) is 83.0 Å². The molecule has 0 spiro atoms. The number of aromatic amines is 1. The summed E-state index contributed by atoms with van der Waals surface area (Å²) in [4.78, 5) is 39.8. The lowest BCUT2D eigenvalue weighted by molar-refractivity contribution is -0.105. The number of carbonyl (C=O) groups is 2. The second-order valence-corrected chi connectivity index (χ2v) is 8.76. The van der Waals surface area contributed by atoms with Crippen LogP contribution in [0.25, 0.3) is 11.6 Å². The van der Waals surface area contributed by atoms with Gasteiger partial charge in [-0.1, -0.05) is 58.4 Å². The van der Waals surface area contributed by atoms with Crippen molar-refractivity contribution in [2.24, 2.45) is 9.98 Å². The van der Waals surface area contributed by atoms with Crippen molar-refractivity contribution in [3.8, 4) is 18.2 Å². The van der Waals surface area contributed by atoms with Gasteiger partial charge in [0.15, 0.2) is 5.82 Å². The summed E-state index contributed by atoms with van der Waals surface area (Å²) in [6.45, 7) is 19.3. The molecule has 0 radical (unpaired) electrons. The quantitative estimate of drug-likeness (QED) is 0.151. The number of carbonyl (C=O) groups excluding carboxylic acids is 2. The summed E-state index contributed by atoms with van der Waals surface area (Å²) in [6.07, 6.45) is 16.4. The number of hydrogen-bond acceptors (Lipinski definition) is 6. The lowest BCUT2D eigenvalue weighted by Crippen LogP contribution is -2.33. The predicted molar refractivity (Wildman–Crippen MR) is 184 cm³/mol. The molecular weight excluding hydrogens is 540 g/mol. The van der Waals surface area contributed by atoms with Crippen molar-refractivity contribution in [3.63, 3.8) is 0 Å². The minimum atomic E-state index is -0.138. The molecule has 0 saturated heterocycles. The van der Waals surface area contributed by atoms with Crippen LogP contribution >= 0.6 is 0 Å². The molecule has 0 bridgehead atoms. The summed E-state index contributed by atoms with van der Waals surface area (Å²) in [6, 6.07) is 10.4. The number of aromatic nitrogens is 2. The van der Waals surface area contributed by atoms with E-state index in [9.17, 15) is 9.59 Å². The molecule has 9 nitrogen and oxygen atoms in total. The third-order valence-corrected chi connectivity index (χ3v) is 5.19. The zero-order valence-electron chi connectivity index (χ0n) is 27.8. The topological polar surface area (TPSA) is 112 Å². The first-order chi connectivity index (χ1) is 20.8. The minimum absolute atomic E-state index is 0.138. The maximum absolute atomic E-state index is 12.5. The van der Waals surface area contributed by atoms with E-state index in [1.54, 1.807) is 24.3 Å². The fraction of sp³-hybridized carbons (Fsp3) is 0.441. The Morgan fingerprint density at radius 1 is 1.14 bits per heavy atom. The average molecular weight is 593 g/mol. The van der Waals surface area contributed by atoms with Gasteiger partial charge in [-0.2, -0.15) is 0 Å². The maximum Gasteiger partial charge on any atom is 0.274 e. The number of ether oxygens (including phenoxy) is 1. The number of hydrogen-bond donors (Lipinski definition) is 2. The van der Waals surface area contributed by atoms with Gasteiger partial charge >= 0.3 is 0 Å². The van der Waals surface area contributed by atoms with Gasteiger partial charge < -0.3 is 19.9 Å². The van der Waals surface area contributed by atoms with Crippen LogP contribution in [0.5, 0.6) is 5.75 Å². The molecule has 236 valence electrons. The summed E-state index contributed by atoms with van der Waals surface area (Å²) in [7, 11) is 1.64. The van der Waals surface area contributed by atoms with E-state index < -0.39 is 0 Å². The Hall–Kier alpha value is -4.45. The van der Waals surface area contributed by atoms with E-state index in [0.717, 1.165) is 29.7 Å². The molecule has 43 heavy (non-hydrogen) atoms. The lowest BCUT2D eigenvalue weighted by Gasteiger charge is -2.20. The molecule has 0 aliphatic rings. The van der Waals surface area contributed by atoms with E-state index in [1.807, 2.05) is 91.1 Å². The Morgan fingerprint density at radius 3 is 2.14 bits per heavy atom. The van der Waals surface area contributed by atoms with Crippen LogP contribution in [0.4, 0.5) is 5.82 Å². The standard InChI is InChI=1S/C14H22N4O2.C13H13NO.C5H11N.C2H6/c1-4-7-11-16-12(13(17-11)15-10-19)14(20)18(8-5-2)9-6-3;1-4-11(10-14-5-2)12-6-8-13(15-3)9-7-12;1-4-6-5(2)3;1-2/h4,7,10H,5-6,8-9H2,1-3H3,(H,15,19)(H,16,17);2,4,6-10H,1,3H3;4-5H,1-3H3;1-2H3/b7-4+;11-4+,14-10?;;. The molecule has 2 amide bonds. The van der Waals surface area contributed by atoms with Crippen LogP contribution in [0.2, 0.25) is 0 Å². The van der Waals surface area contributed by atoms with Crippen molar-refractivity contribution in [2.75, 3.05) is 25.5 Å². The fourth-order valence-electron chi connectivity index (χ4n) is 3.46. The minimum Gasteiger partial charge on any atom is -0.497 e. The van der Waals surface area contributed by atoms with Crippen LogP contribution in [0.15, 0.2) is 46.4 Å². The first-order valence-electron chi connectivity index (χ1n) is 14.8. The fourth-order valence-corrected chi connectivity index (χ4v) is 3.46. The molecule has 1 heterocycles. The van der Waals surface area contributed by atoms with Gasteiger partial charge in [0.05, 0.1) is 7.11 Å². The Labute approximate surface area is 259 Å². The van der Waals surface area contributed by atoms with E-state index >= 15 is 0 Å². The second-order valence-electron chi connectivity index (χ2n) is 8.76. The van der Waals surface area contributed by atoms with Crippen molar-refractivity contribution in [1.29, 1.82) is 0 Å². The molecule has 0 atom stereocenters. The summed E-state index contributed by atoms with van der Waals surface area (Å²) in [5.41, 5.74) is 2.39. The average Bonchev–Trinajstić information content (AvgIpc) is 3.41. The summed E-state index contributed by atoms with van der Waals surface area (Å²) >= 11 is 0. The van der Waals surface area contributed by atoms with Gasteiger partial charge in [-0.25, -0.2) is 9.98 Å². The zero-order valence-corrected chi connectivity index (χ0v) is 27.8. The molecule has 0 saturated carbocycles. The highest BCUT2D eigenvalue weighted by atomic mass is 16.5. The first-order valence-corrected chi connectivity index (χ1v) is 14.8. The number of imidazole rings is 1. The molecule has 0 aliphatic carbocycles. The van der Waals surface area contributed by atoms with Gasteiger partial charge in [0, 0.05) is 31.4 Å². The van der Waals surface area contributed by atoms with Crippen LogP contribution in [0.3, 0.4) is 0 Å². The normalized spacial score (nSPS) is 10.7. The van der Waals surface area contributed by atoms with Crippen molar-refractivity contribution in [3.05, 3.63) is 53.5 Å². The van der Waals surface area contributed by atoms with Gasteiger partial charge in [-0.15, -0.1) is 0 Å². The number of allylic oxidation sites excluding steroid dienone is 3. The number of aliphatic imine (C=N–C) groups is 2. The summed E-state index contributed by atoms with van der Waals surface area (Å²) in [5, 5.41) is 2.47. The van der Waals surface area contributed by atoms with Gasteiger partial charge in [0.2, 0.25) is 6.41 Å². The van der Waals surface area contributed by atoms with Crippen LogP contribution in [-0.2, 0) is 4.79 Å². The Morgan fingerprint density at radius 2 is 1.74 bits per heavy atom. The molecular formula is C34H52N6O3. The largest absolute Gasteiger partial charge is 0.497 e. The molecule has 1 aromatic carbocycles. The number of amides is 2. The van der Waals surface area contributed by atoms with Gasteiger partial charge in [0.25, 0.3) is 5.91 Å². The first kappa shape index (κ1) is 40.7. The number of nitrogens with one attached hydrogen (secondary N) is 2. The number of H-pyrrole nitrogens is 1. The molecule has 0 aliphatic heterocycles. The maximum atomic E-state index is 12.5. The van der Waals surface area contributed by atoms with E-state index in [1.165, 1.54) is 0 Å². The highest BCUT2D eigenvalue weighted by Crippen LogP contribution is 2.18. The Balaban J connectivity index is 0. The second kappa shape index (κ2) is 26.4. The van der Waals surface area contributed by atoms with Crippen LogP contribution in [0.1, 0.15) is 97.0 Å². The summed E-state index contributed by atoms with van der Waals surface area (Å²) in [5.74, 6) is 1.52. The van der Waals surface area contributed by atoms with E-state index in [-0.39, 0.29) is 11.7 Å². The number of rotatable bonds is 12. The number of nitrogens with zero attached hydrogens (tertiary/aromatic N) is 4. The molecule has 9 heteroatoms. The van der Waals surface area contributed by atoms with Crippen LogP contribution < -0.4 is 10.1 Å². The van der Waals surface area contributed by atoms with E-state index in [2.05, 4.69) is 45.2 Å². The number of methoxy groups -OCH3 is 1. The molecule has 0 fully saturated rings. The number of terminal acetylenes is 1. The third kappa shape index (κ3) is 17.2. The molecule has 2 aromatic rings. The SMILES string of the molecule is C#CN=C/C(=C\C)c1ccc(OC)cc1.C/C=C/c1nc(NC=O)c(C(=O)N(CCC)CCC)[nH]1.CC.CC=NC(C)C. The monoisotopic (exact) mass is 592 g/mol. The zero-order chi connectivity index (χ0) is 33.0. The smallest absolute Gasteiger partial charge is 0.274 e. The number of benzene rings is 1. The lowest BCUT2D eigenvalue weighted by atomic mass is 10.1. The van der Waals surface area contributed by atoms with E-state index in [4.69, 9.17) is 11.2 Å². The van der Waals surface area contributed by atoms with Crippen molar-refractivity contribution in [2.45, 2.75) is 81.2 Å². The Kier molecular flexibility index (Phi) is 25.0. The van der Waals surface area contributed by atoms with Crippen molar-refractivity contribution in [1.82, 2.24) is 14.9 Å². The molecule has 1 aromatic heterocycles. The highest BCUT2D eigenvalue weighted by molar-refractivity contribution is 6.10. The van der Waals surface area contributed by atoms with Crippen molar-refractivity contribution < 1.29 is 14.3 Å². The van der Waals surface area contributed by atoms with Gasteiger partial charge in [-0.3, -0.25) is 14.6 Å². The predicted octanol–water partition coefficient (Wildman–Crippen LogP) is 7.55. The molecule has 2 N–H and O–H groups in total. The Bertz CT molecular complexity index is 1180. The van der Waals surface area contributed by atoms with Crippen LogP contribution in [0, 0.1) is 12.5 Å². The third-order valence-electron chi connectivity index (χ3n) is 5.19. The van der Waals surface area contributed by atoms with Gasteiger partial charge in [0.1, 0.15) is 17.3 Å². The van der Waals surface area contributed by atoms with Crippen LogP contribution in [-0.4, -0.2) is 65.9 Å². The number of anilines is 1. The molecule has 2 rings (SSSR count). The summed E-state index contributed by atoms with van der Waals surface area (Å²) < 4.78 is 5.08. The van der Waals surface area contributed by atoms with E-state index in [0.29, 0.717) is 37.1 Å². The highest BCUT2D eigenvalue weighted by Gasteiger charge is 2.21. The van der Waals surface area contributed by atoms with Crippen molar-refractivity contribution >= 4 is 42.2 Å². The molecule has 0 unspecified atom stereocenters.